The molecule has 0 aromatic rings. The fraction of sp³-hybridized carbons (Fsp3) is 1.00. The molecule has 0 aromatic carbocycles. The third-order valence-corrected chi connectivity index (χ3v) is 10.1. The zero-order chi connectivity index (χ0) is 14.9. The summed E-state index contributed by atoms with van der Waals surface area (Å²) in [5.74, 6) is 0. The molecule has 128 valence electrons. The van der Waals surface area contributed by atoms with E-state index in [-0.39, 0.29) is 0 Å². The van der Waals surface area contributed by atoms with E-state index < -0.39 is 0 Å². The third-order valence-electron chi connectivity index (χ3n) is 5.99. The molecule has 0 aliphatic heterocycles. The fourth-order valence-corrected chi connectivity index (χ4v) is 9.71. The van der Waals surface area contributed by atoms with Crippen LogP contribution in [0.4, 0.5) is 0 Å². The van der Waals surface area contributed by atoms with Crippen LogP contribution in [0.15, 0.2) is 0 Å². The summed E-state index contributed by atoms with van der Waals surface area (Å²) in [5, 5.41) is 0. The molecule has 3 fully saturated rings. The minimum absolute atomic E-state index is 0.385. The van der Waals surface area contributed by atoms with Crippen LogP contribution >= 0.6 is 17.1 Å². The van der Waals surface area contributed by atoms with Crippen LogP contribution in [0.25, 0.3) is 0 Å². The maximum absolute atomic E-state index is 4.58. The predicted molar refractivity (Wildman–Crippen MR) is 93.4 cm³/mol. The van der Waals surface area contributed by atoms with Crippen molar-refractivity contribution in [1.29, 1.82) is 0 Å². The summed E-state index contributed by atoms with van der Waals surface area (Å²) in [6.07, 6.45) is 23.6. The molecule has 0 spiro atoms. The quantitative estimate of drug-likeness (QED) is 0.278. The summed E-state index contributed by atoms with van der Waals surface area (Å²) in [6, 6.07) is 0. The van der Waals surface area contributed by atoms with E-state index in [2.05, 4.69) is 9.19 Å². The van der Waals surface area contributed by atoms with Gasteiger partial charge in [-0.25, -0.2) is 0 Å². The van der Waals surface area contributed by atoms with Gasteiger partial charge >= 0.3 is 29.2 Å². The Morgan fingerprint density at radius 1 is 0.476 bits per heavy atom. The fourth-order valence-electron chi connectivity index (χ4n) is 5.03. The van der Waals surface area contributed by atoms with Gasteiger partial charge < -0.3 is 0 Å². The van der Waals surface area contributed by atoms with Gasteiger partial charge in [-0.2, -0.15) is 0 Å². The molecule has 3 aliphatic carbocycles. The van der Waals surface area contributed by atoms with E-state index >= 15 is 0 Å². The van der Waals surface area contributed by atoms with Crippen LogP contribution in [0.1, 0.15) is 96.3 Å². The van der Waals surface area contributed by atoms with E-state index in [1.54, 1.807) is 97.0 Å². The second-order valence-corrected chi connectivity index (χ2v) is 10.4. The molecule has 3 saturated carbocycles. The number of hydrogen-bond acceptors (Lipinski definition) is 0. The van der Waals surface area contributed by atoms with Crippen molar-refractivity contribution in [2.24, 2.45) is 0 Å². The van der Waals surface area contributed by atoms with Crippen molar-refractivity contribution in [3.8, 4) is 0 Å². The van der Waals surface area contributed by atoms with Crippen molar-refractivity contribution in [3.63, 3.8) is 0 Å². The zero-order valence-corrected chi connectivity index (χ0v) is 17.3. The number of rotatable bonds is 3. The molecule has 0 N–H and O–H groups in total. The topological polar surface area (TPSA) is 0 Å². The molecule has 0 heterocycles. The van der Waals surface area contributed by atoms with Crippen molar-refractivity contribution < 1.29 is 20.0 Å². The minimum atomic E-state index is 0.385. The Hall–Kier alpha value is 1.46. The summed E-state index contributed by atoms with van der Waals surface area (Å²) in [6.45, 7) is 0. The summed E-state index contributed by atoms with van der Waals surface area (Å²) < 4.78 is 0. The molecule has 0 bridgehead atoms. The normalized spacial score (nSPS) is 26.5. The maximum atomic E-state index is 4.58. The van der Waals surface area contributed by atoms with E-state index in [9.17, 15) is 0 Å². The van der Waals surface area contributed by atoms with Crippen molar-refractivity contribution in [2.45, 2.75) is 113 Å². The van der Waals surface area contributed by atoms with Gasteiger partial charge in [0.2, 0.25) is 0 Å². The number of hydrogen-bond donors (Lipinski definition) is 0. The van der Waals surface area contributed by atoms with Gasteiger partial charge in [-0.1, -0.05) is 65.7 Å². The molecule has 0 aromatic heterocycles. The van der Waals surface area contributed by atoms with E-state index in [1.807, 2.05) is 0 Å². The van der Waals surface area contributed by atoms with Gasteiger partial charge in [-0.15, -0.1) is 0 Å². The zero-order valence-electron chi connectivity index (χ0n) is 13.5. The molecule has 0 amide bonds. The van der Waals surface area contributed by atoms with Gasteiger partial charge in [0, 0.05) is 0 Å². The molecule has 21 heavy (non-hydrogen) atoms. The molecule has 0 saturated heterocycles. The van der Waals surface area contributed by atoms with E-state index in [0.29, 0.717) is 7.92 Å². The average Bonchev–Trinajstić information content (AvgIpc) is 2.60. The molecule has 3 rings (SSSR count). The van der Waals surface area contributed by atoms with E-state index in [4.69, 9.17) is 0 Å². The van der Waals surface area contributed by atoms with Crippen LogP contribution in [0.2, 0.25) is 0 Å². The standard InChI is InChI=1S/C18H33P.Au.ClH/c1-4-10-16(11-5-1)19(17-12-6-2-7-13-17)18-14-8-3-9-15-18;;/h16-18H,1-15H2;;1H/q;+1;/p-1. The van der Waals surface area contributed by atoms with Crippen LogP contribution in [0.3, 0.4) is 0 Å². The summed E-state index contributed by atoms with van der Waals surface area (Å²) in [7, 11) is 4.97. The Bertz CT molecular complexity index is 213. The Balaban J connectivity index is 0.000000774. The first kappa shape index (κ1) is 18.8. The van der Waals surface area contributed by atoms with E-state index in [1.165, 1.54) is 36.2 Å². The first-order valence-electron chi connectivity index (χ1n) is 9.34. The Kier molecular flexibility index (Phi) is 9.93. The van der Waals surface area contributed by atoms with Crippen molar-refractivity contribution in [1.82, 2.24) is 0 Å². The van der Waals surface area contributed by atoms with Crippen LogP contribution < -0.4 is 0 Å². The third kappa shape index (κ3) is 5.79. The molecule has 3 aliphatic rings. The molecule has 0 nitrogen and oxygen atoms in total. The first-order valence-corrected chi connectivity index (χ1v) is 13.6. The second kappa shape index (κ2) is 11.1. The SMILES string of the molecule is C1CCC(P(C2CCCCC2)C2CCCCC2)CC1.[Cl][Au]. The van der Waals surface area contributed by atoms with Crippen LogP contribution in [0.5, 0.6) is 0 Å². The second-order valence-electron chi connectivity index (χ2n) is 7.32. The Morgan fingerprint density at radius 2 is 0.714 bits per heavy atom. The average molecular weight is 513 g/mol. The van der Waals surface area contributed by atoms with Crippen LogP contribution in [-0.4, -0.2) is 17.0 Å². The van der Waals surface area contributed by atoms with Gasteiger partial charge in [-0.3, -0.25) is 0 Å². The van der Waals surface area contributed by atoms with Gasteiger partial charge in [0.1, 0.15) is 0 Å². The van der Waals surface area contributed by atoms with E-state index in [0.717, 1.165) is 0 Å². The summed E-state index contributed by atoms with van der Waals surface area (Å²) in [4.78, 5) is 0. The summed E-state index contributed by atoms with van der Waals surface area (Å²) in [5.41, 5.74) is 3.57. The van der Waals surface area contributed by atoms with Crippen molar-refractivity contribution >= 4 is 17.1 Å². The molecular weight excluding hydrogens is 480 g/mol. The Morgan fingerprint density at radius 3 is 0.952 bits per heavy atom. The predicted octanol–water partition coefficient (Wildman–Crippen LogP) is 7.15. The van der Waals surface area contributed by atoms with Crippen LogP contribution in [0, 0.1) is 0 Å². The summed E-state index contributed by atoms with van der Waals surface area (Å²) >= 11 is 1.75. The monoisotopic (exact) mass is 512 g/mol. The number of halogens is 1. The van der Waals surface area contributed by atoms with Crippen LogP contribution in [-0.2, 0) is 20.0 Å². The molecular formula is C18H33AuClP. The first-order chi connectivity index (χ1) is 10.4. The molecule has 0 radical (unpaired) electrons. The van der Waals surface area contributed by atoms with Gasteiger partial charge in [-0.05, 0) is 55.5 Å². The van der Waals surface area contributed by atoms with Gasteiger partial charge in [0.25, 0.3) is 0 Å². The van der Waals surface area contributed by atoms with Crippen molar-refractivity contribution in [3.05, 3.63) is 0 Å². The molecule has 0 unspecified atom stereocenters. The Labute approximate surface area is 150 Å². The van der Waals surface area contributed by atoms with Gasteiger partial charge in [0.05, 0.1) is 0 Å². The van der Waals surface area contributed by atoms with Gasteiger partial charge in [0.15, 0.2) is 0 Å². The van der Waals surface area contributed by atoms with Crippen molar-refractivity contribution in [2.75, 3.05) is 0 Å². The molecule has 0 atom stereocenters. The molecule has 3 heteroatoms.